The predicted molar refractivity (Wildman–Crippen MR) is 16.7 cm³/mol. The maximum absolute atomic E-state index is 0. The molecule has 0 aliphatic carbocycles. The van der Waals surface area contributed by atoms with Gasteiger partial charge in [-0.25, -0.2) is 0 Å². The second-order valence-corrected chi connectivity index (χ2v) is 0. The van der Waals surface area contributed by atoms with Crippen molar-refractivity contribution in [1.29, 1.82) is 0 Å². The Hall–Kier alpha value is 1.04. The van der Waals surface area contributed by atoms with Gasteiger partial charge in [0.15, 0.2) is 0 Å². The van der Waals surface area contributed by atoms with Gasteiger partial charge in [-0.15, -0.1) is 0 Å². The van der Waals surface area contributed by atoms with Crippen LogP contribution in [0.3, 0.4) is 0 Å². The zero-order valence-electron chi connectivity index (χ0n) is 2.13. The van der Waals surface area contributed by atoms with Gasteiger partial charge in [0.05, 0.1) is 0 Å². The van der Waals surface area contributed by atoms with E-state index >= 15 is 0 Å². The summed E-state index contributed by atoms with van der Waals surface area (Å²) in [7, 11) is 0. The fraction of sp³-hybridized carbons (Fsp3) is 1.00. The Bertz CT molecular complexity index is 7.51. The van der Waals surface area contributed by atoms with Crippen molar-refractivity contribution < 1.29 is 58.8 Å². The largest absolute Gasteiger partial charge is 0.269 e. The molecule has 0 nitrogen and oxygen atoms in total. The van der Waals surface area contributed by atoms with Crippen molar-refractivity contribution in [2.24, 2.45) is 0 Å². The van der Waals surface area contributed by atoms with Gasteiger partial charge in [-0.2, -0.15) is 0 Å². The molecule has 6 heavy (non-hydrogen) atoms. The van der Waals surface area contributed by atoms with E-state index in [0.29, 0.717) is 0 Å². The van der Waals surface area contributed by atoms with Gasteiger partial charge in [-0.1, -0.05) is 7.43 Å². The summed E-state index contributed by atoms with van der Waals surface area (Å²) < 4.78 is 0. The maximum atomic E-state index is 0. The molecule has 0 aromatic rings. The molecule has 0 aromatic heterocycles. The third kappa shape index (κ3) is 75.6. The van der Waals surface area contributed by atoms with Crippen molar-refractivity contribution in [2.75, 3.05) is 0 Å². The Kier molecular flexibility index (Phi) is 5540. The molecule has 0 atom stereocenters. The molecule has 44 valence electrons. The SMILES string of the molecule is C.F.F.F.F.[Th]. The molecule has 0 spiro atoms. The molecule has 0 saturated carbocycles. The second-order valence-electron chi connectivity index (χ2n) is 0. The third-order valence-corrected chi connectivity index (χ3v) is 0. The normalized spacial score (nSPS) is 0. The van der Waals surface area contributed by atoms with E-state index < -0.39 is 0 Å². The molecule has 0 heterocycles. The number of halogens is 4. The molecule has 0 fully saturated rings. The molecule has 0 amide bonds. The van der Waals surface area contributed by atoms with Gasteiger partial charge in [-0.05, 0) is 0 Å². The van der Waals surface area contributed by atoms with Crippen LogP contribution in [0, 0.1) is 39.9 Å². The van der Waals surface area contributed by atoms with Crippen LogP contribution in [0.5, 0.6) is 0 Å². The van der Waals surface area contributed by atoms with E-state index in [1.54, 1.807) is 0 Å². The molecule has 0 bridgehead atoms. The molecular weight excluding hydrogens is 320 g/mol. The summed E-state index contributed by atoms with van der Waals surface area (Å²) in [6.07, 6.45) is 0. The summed E-state index contributed by atoms with van der Waals surface area (Å²) in [6, 6.07) is 0. The second kappa shape index (κ2) is 141. The average Bonchev–Trinajstić information content (AvgIpc) is 0. The van der Waals surface area contributed by atoms with Crippen LogP contribution in [-0.2, 0) is 0 Å². The summed E-state index contributed by atoms with van der Waals surface area (Å²) in [6.45, 7) is 0. The van der Waals surface area contributed by atoms with E-state index in [-0.39, 0.29) is 66.2 Å². The van der Waals surface area contributed by atoms with Gasteiger partial charge >= 0.3 is 0 Å². The summed E-state index contributed by atoms with van der Waals surface area (Å²) >= 11 is 0. The topological polar surface area (TPSA) is 0 Å². The van der Waals surface area contributed by atoms with Crippen molar-refractivity contribution in [3.63, 3.8) is 0 Å². The molecule has 0 saturated heterocycles. The van der Waals surface area contributed by atoms with Crippen LogP contribution in [0.2, 0.25) is 0 Å². The monoisotopic (exact) mass is 328 g/mol. The van der Waals surface area contributed by atoms with Gasteiger partial charge in [-0.3, -0.25) is 18.8 Å². The van der Waals surface area contributed by atoms with Gasteiger partial charge < -0.3 is 0 Å². The zero-order chi connectivity index (χ0) is 0. The van der Waals surface area contributed by atoms with E-state index in [4.69, 9.17) is 0 Å². The summed E-state index contributed by atoms with van der Waals surface area (Å²) in [5, 5.41) is 0. The van der Waals surface area contributed by atoms with Crippen LogP contribution >= 0.6 is 0 Å². The Labute approximate surface area is 65.8 Å². The Morgan fingerprint density at radius 3 is 0.500 bits per heavy atom. The molecule has 0 aliphatic heterocycles. The standard InChI is InChI=1S/CH4.4FH.Th/h1H4;4*1H;. The van der Waals surface area contributed by atoms with Crippen LogP contribution in [0.1, 0.15) is 7.43 Å². The van der Waals surface area contributed by atoms with E-state index in [2.05, 4.69) is 0 Å². The number of rotatable bonds is 0. The smallest absolute Gasteiger partial charge is 0 e. The van der Waals surface area contributed by atoms with Crippen LogP contribution in [0.15, 0.2) is 0 Å². The quantitative estimate of drug-likeness (QED) is 0.587. The van der Waals surface area contributed by atoms with E-state index in [1.165, 1.54) is 0 Å². The Morgan fingerprint density at radius 2 is 0.500 bits per heavy atom. The first-order valence-corrected chi connectivity index (χ1v) is 0. The van der Waals surface area contributed by atoms with Crippen LogP contribution in [-0.4, -0.2) is 0 Å². The fourth-order valence-electron chi connectivity index (χ4n) is 0. The Morgan fingerprint density at radius 1 is 0.500 bits per heavy atom. The zero-order valence-corrected chi connectivity index (χ0v) is 6.24. The summed E-state index contributed by atoms with van der Waals surface area (Å²) in [5.74, 6) is 0. The van der Waals surface area contributed by atoms with E-state index in [0.717, 1.165) is 0 Å². The Balaban J connectivity index is 0. The van der Waals surface area contributed by atoms with Gasteiger partial charge in [0.1, 0.15) is 0 Å². The van der Waals surface area contributed by atoms with Crippen molar-refractivity contribution in [3.8, 4) is 0 Å². The molecule has 0 rings (SSSR count). The van der Waals surface area contributed by atoms with Crippen molar-refractivity contribution in [2.45, 2.75) is 7.43 Å². The van der Waals surface area contributed by atoms with Crippen LogP contribution < -0.4 is 0 Å². The first-order chi connectivity index (χ1) is 0. The molecule has 0 aliphatic rings. The average molecular weight is 328 g/mol. The van der Waals surface area contributed by atoms with Crippen molar-refractivity contribution >= 4 is 0 Å². The first kappa shape index (κ1) is 236. The molecule has 5 heteroatoms. The molecule has 0 unspecified atom stereocenters. The summed E-state index contributed by atoms with van der Waals surface area (Å²) in [4.78, 5) is 0. The van der Waals surface area contributed by atoms with E-state index in [1.807, 2.05) is 0 Å². The first-order valence-electron chi connectivity index (χ1n) is 0. The minimum atomic E-state index is 0. The number of hydrogen-bond donors (Lipinski definition) is 0. The minimum Gasteiger partial charge on any atom is -0.269 e. The van der Waals surface area contributed by atoms with Gasteiger partial charge in [0, 0.05) is 39.9 Å². The third-order valence-electron chi connectivity index (χ3n) is 0. The van der Waals surface area contributed by atoms with Crippen LogP contribution in [0.4, 0.5) is 18.8 Å². The van der Waals surface area contributed by atoms with Crippen molar-refractivity contribution in [1.82, 2.24) is 0 Å². The molecule has 0 aromatic carbocycles. The predicted octanol–water partition coefficient (Wildman–Crippen LogP) is 1.25. The molecule has 0 N–H and O–H groups in total. The van der Waals surface area contributed by atoms with Gasteiger partial charge in [0.2, 0.25) is 0 Å². The van der Waals surface area contributed by atoms with Crippen molar-refractivity contribution in [3.05, 3.63) is 0 Å². The van der Waals surface area contributed by atoms with Gasteiger partial charge in [0.25, 0.3) is 0 Å². The fourth-order valence-corrected chi connectivity index (χ4v) is 0. The minimum absolute atomic E-state index is 0. The summed E-state index contributed by atoms with van der Waals surface area (Å²) in [5.41, 5.74) is 0. The maximum Gasteiger partial charge on any atom is 0 e. The van der Waals surface area contributed by atoms with E-state index in [9.17, 15) is 0 Å². The molecule has 0 radical (unpaired) electrons. The number of hydrogen-bond acceptors (Lipinski definition) is 0. The van der Waals surface area contributed by atoms with Crippen LogP contribution in [0.25, 0.3) is 0 Å². The molecular formula is CH8F4Th.